The van der Waals surface area contributed by atoms with Gasteiger partial charge in [-0.05, 0) is 72.8 Å². The van der Waals surface area contributed by atoms with E-state index in [9.17, 15) is 27.0 Å². The van der Waals surface area contributed by atoms with Gasteiger partial charge in [-0.3, -0.25) is 0 Å². The van der Waals surface area contributed by atoms with Crippen LogP contribution in [0.4, 0.5) is 11.4 Å². The van der Waals surface area contributed by atoms with Gasteiger partial charge in [0.25, 0.3) is 0 Å². The molecule has 0 saturated carbocycles. The van der Waals surface area contributed by atoms with Crippen LogP contribution >= 0.6 is 0 Å². The highest BCUT2D eigenvalue weighted by Crippen LogP contribution is 2.33. The first kappa shape index (κ1) is 24.8. The first-order valence-corrected chi connectivity index (χ1v) is 13.6. The lowest BCUT2D eigenvalue weighted by Crippen LogP contribution is -2.24. The average molecular weight is 523 g/mol. The Morgan fingerprint density at radius 1 is 0.500 bits per heavy atom. The topological polar surface area (TPSA) is 133 Å². The summed E-state index contributed by atoms with van der Waals surface area (Å²) in [6.07, 6.45) is 0. The third-order valence-corrected chi connectivity index (χ3v) is 9.56. The van der Waals surface area contributed by atoms with E-state index < -0.39 is 23.9 Å². The van der Waals surface area contributed by atoms with Gasteiger partial charge in [0, 0.05) is 11.4 Å². The molecular weight excluding hydrogens is 500 g/mol. The molecule has 0 heterocycles. The van der Waals surface area contributed by atoms with Gasteiger partial charge < -0.3 is 20.8 Å². The fourth-order valence-corrected chi connectivity index (χ4v) is 7.27. The van der Waals surface area contributed by atoms with Crippen molar-refractivity contribution in [1.29, 1.82) is 0 Å². The number of benzene rings is 4. The van der Waals surface area contributed by atoms with E-state index in [1.54, 1.807) is 12.1 Å². The van der Waals surface area contributed by atoms with Crippen molar-refractivity contribution in [3.8, 4) is 11.5 Å². The van der Waals surface area contributed by atoms with Crippen molar-refractivity contribution in [3.63, 3.8) is 0 Å². The molecule has 0 aliphatic rings. The van der Waals surface area contributed by atoms with Crippen LogP contribution in [0.15, 0.2) is 129 Å². The van der Waals surface area contributed by atoms with Crippen molar-refractivity contribution in [3.05, 3.63) is 119 Å². The van der Waals surface area contributed by atoms with Gasteiger partial charge in [-0.2, -0.15) is 0 Å². The van der Waals surface area contributed by atoms with Crippen molar-refractivity contribution < 1.29 is 27.0 Å². The molecule has 4 rings (SSSR count). The van der Waals surface area contributed by atoms with Gasteiger partial charge in [-0.15, -0.1) is 0 Å². The zero-order valence-electron chi connectivity index (χ0n) is 18.7. The highest BCUT2D eigenvalue weighted by atomic mass is 32.3. The summed E-state index contributed by atoms with van der Waals surface area (Å²) in [4.78, 5) is -0.422. The first-order valence-electron chi connectivity index (χ1n) is 10.6. The molecule has 4 aromatic carbocycles. The van der Waals surface area contributed by atoms with Crippen LogP contribution in [0.3, 0.4) is 0 Å². The Morgan fingerprint density at radius 2 is 0.833 bits per heavy atom. The normalized spacial score (nSPS) is 11.4. The predicted molar refractivity (Wildman–Crippen MR) is 138 cm³/mol. The Balaban J connectivity index is 2.02. The van der Waals surface area contributed by atoms with Gasteiger partial charge in [-0.25, -0.2) is 16.8 Å². The van der Waals surface area contributed by atoms with E-state index >= 15 is 0 Å². The second-order valence-corrected chi connectivity index (χ2v) is 11.7. The molecule has 0 saturated heterocycles. The molecule has 36 heavy (non-hydrogen) atoms. The van der Waals surface area contributed by atoms with Gasteiger partial charge >= 0.3 is 0 Å². The van der Waals surface area contributed by atoms with Crippen LogP contribution in [0.5, 0.6) is 11.5 Å². The number of phenolic OH excluding ortho intramolecular Hbond substituents is 2. The molecule has 0 bridgehead atoms. The molecule has 4 aromatic rings. The molecule has 0 fully saturated rings. The molecule has 0 aliphatic heterocycles. The van der Waals surface area contributed by atoms with Crippen molar-refractivity contribution in [2.45, 2.75) is 9.79 Å². The standard InChI is InChI=1S/C26H22N2O6S2/c29-21-15-11-19(12-16-21)27-25(28-20-13-17-22(30)18-14-20)26(35(31,32)23-7-3-1-4-8-23)36(33,34)24-9-5-2-6-10-24/h1-18,27-30H. The number of sulfone groups is 2. The molecule has 8 nitrogen and oxygen atoms in total. The summed E-state index contributed by atoms with van der Waals surface area (Å²) in [6, 6.07) is 25.9. The lowest BCUT2D eigenvalue weighted by molar-refractivity contribution is 0.475. The van der Waals surface area contributed by atoms with Gasteiger partial charge in [0.1, 0.15) is 17.3 Å². The zero-order valence-corrected chi connectivity index (χ0v) is 20.4. The Labute approximate surface area is 209 Å². The number of hydrogen-bond donors (Lipinski definition) is 4. The predicted octanol–water partition coefficient (Wildman–Crippen LogP) is 4.70. The number of hydrogen-bond acceptors (Lipinski definition) is 8. The second-order valence-electron chi connectivity index (χ2n) is 7.64. The largest absolute Gasteiger partial charge is 0.508 e. The molecule has 0 unspecified atom stereocenters. The van der Waals surface area contributed by atoms with Gasteiger partial charge in [0.05, 0.1) is 9.79 Å². The smallest absolute Gasteiger partial charge is 0.221 e. The highest BCUT2D eigenvalue weighted by molar-refractivity contribution is 8.14. The molecule has 0 spiro atoms. The monoisotopic (exact) mass is 522 g/mol. The molecule has 0 amide bonds. The summed E-state index contributed by atoms with van der Waals surface area (Å²) in [5.74, 6) is -0.377. The highest BCUT2D eigenvalue weighted by Gasteiger charge is 2.37. The van der Waals surface area contributed by atoms with E-state index in [-0.39, 0.29) is 27.1 Å². The van der Waals surface area contributed by atoms with E-state index in [0.717, 1.165) is 0 Å². The van der Waals surface area contributed by atoms with Crippen molar-refractivity contribution in [2.75, 3.05) is 10.6 Å². The van der Waals surface area contributed by atoms with Crippen LogP contribution in [0.25, 0.3) is 0 Å². The number of nitrogens with one attached hydrogen (secondary N) is 2. The second kappa shape index (κ2) is 10.1. The maximum atomic E-state index is 13.9. The molecular formula is C26H22N2O6S2. The number of aromatic hydroxyl groups is 2. The summed E-state index contributed by atoms with van der Waals surface area (Å²) in [6.45, 7) is 0. The molecule has 0 radical (unpaired) electrons. The van der Waals surface area contributed by atoms with Crippen molar-refractivity contribution in [2.24, 2.45) is 0 Å². The van der Waals surface area contributed by atoms with E-state index in [1.807, 2.05) is 0 Å². The molecule has 4 N–H and O–H groups in total. The van der Waals surface area contributed by atoms with Crippen LogP contribution in [0.1, 0.15) is 0 Å². The minimum Gasteiger partial charge on any atom is -0.508 e. The van der Waals surface area contributed by atoms with Crippen LogP contribution < -0.4 is 10.6 Å². The lowest BCUT2D eigenvalue weighted by Gasteiger charge is -2.20. The maximum Gasteiger partial charge on any atom is 0.221 e. The van der Waals surface area contributed by atoms with E-state index in [4.69, 9.17) is 0 Å². The SMILES string of the molecule is O=S(=O)(C(=C(Nc1ccc(O)cc1)Nc1ccc(O)cc1)S(=O)(=O)c1ccccc1)c1ccccc1. The minimum atomic E-state index is -4.59. The number of rotatable bonds is 8. The summed E-state index contributed by atoms with van der Waals surface area (Å²) >= 11 is 0. The summed E-state index contributed by atoms with van der Waals surface area (Å²) in [5, 5.41) is 25.0. The van der Waals surface area contributed by atoms with E-state index in [1.165, 1.54) is 97.1 Å². The summed E-state index contributed by atoms with van der Waals surface area (Å²) in [7, 11) is -9.19. The average Bonchev–Trinajstić information content (AvgIpc) is 2.87. The summed E-state index contributed by atoms with van der Waals surface area (Å²) in [5.41, 5.74) is 0.635. The summed E-state index contributed by atoms with van der Waals surface area (Å²) < 4.78 is 54.6. The van der Waals surface area contributed by atoms with E-state index in [0.29, 0.717) is 11.4 Å². The Kier molecular flexibility index (Phi) is 7.00. The van der Waals surface area contributed by atoms with Gasteiger partial charge in [-0.1, -0.05) is 36.4 Å². The lowest BCUT2D eigenvalue weighted by atomic mass is 10.3. The quantitative estimate of drug-likeness (QED) is 0.245. The molecule has 0 aliphatic carbocycles. The number of phenols is 2. The third-order valence-electron chi connectivity index (χ3n) is 5.07. The first-order chi connectivity index (χ1) is 17.2. The molecule has 10 heteroatoms. The fourth-order valence-electron chi connectivity index (χ4n) is 3.34. The Morgan fingerprint density at radius 3 is 1.17 bits per heavy atom. The van der Waals surface area contributed by atoms with Crippen LogP contribution in [0, 0.1) is 0 Å². The Hall–Kier alpha value is -4.28. The van der Waals surface area contributed by atoms with Crippen LogP contribution in [-0.4, -0.2) is 27.0 Å². The minimum absolute atomic E-state index is 0.0217. The van der Waals surface area contributed by atoms with Crippen molar-refractivity contribution in [1.82, 2.24) is 0 Å². The number of anilines is 2. The van der Waals surface area contributed by atoms with Crippen LogP contribution in [0.2, 0.25) is 0 Å². The third kappa shape index (κ3) is 5.35. The van der Waals surface area contributed by atoms with Crippen molar-refractivity contribution >= 4 is 31.0 Å². The van der Waals surface area contributed by atoms with E-state index in [2.05, 4.69) is 10.6 Å². The Bertz CT molecular complexity index is 1460. The van der Waals surface area contributed by atoms with Crippen LogP contribution in [-0.2, 0) is 19.7 Å². The maximum absolute atomic E-state index is 13.9. The zero-order chi connectivity index (χ0) is 25.8. The van der Waals surface area contributed by atoms with Gasteiger partial charge in [0.15, 0.2) is 0 Å². The molecule has 0 atom stereocenters. The fraction of sp³-hybridized carbons (Fsp3) is 0. The molecule has 0 aromatic heterocycles. The van der Waals surface area contributed by atoms with Gasteiger partial charge in [0.2, 0.25) is 23.9 Å². The molecule has 184 valence electrons.